The summed E-state index contributed by atoms with van der Waals surface area (Å²) >= 11 is 6.06. The lowest BCUT2D eigenvalue weighted by Gasteiger charge is -2.10. The van der Waals surface area contributed by atoms with Crippen LogP contribution in [-0.2, 0) is 0 Å². The molecule has 0 saturated heterocycles. The van der Waals surface area contributed by atoms with Crippen LogP contribution < -0.4 is 10.6 Å². The first-order chi connectivity index (χ1) is 12.0. The van der Waals surface area contributed by atoms with E-state index in [4.69, 9.17) is 11.6 Å². The van der Waals surface area contributed by atoms with Crippen molar-refractivity contribution in [3.05, 3.63) is 76.6 Å². The fourth-order valence-corrected chi connectivity index (χ4v) is 2.55. The molecule has 5 nitrogen and oxygen atoms in total. The van der Waals surface area contributed by atoms with Crippen LogP contribution in [0.4, 0.5) is 17.3 Å². The van der Waals surface area contributed by atoms with Crippen LogP contribution in [0.2, 0.25) is 5.02 Å². The average molecular weight is 353 g/mol. The Kier molecular flexibility index (Phi) is 4.95. The van der Waals surface area contributed by atoms with Gasteiger partial charge in [0.2, 0.25) is 5.95 Å². The molecule has 1 aromatic heterocycles. The molecule has 2 aromatic carbocycles. The molecular weight excluding hydrogens is 336 g/mol. The predicted octanol–water partition coefficient (Wildman–Crippen LogP) is 4.74. The summed E-state index contributed by atoms with van der Waals surface area (Å²) in [5, 5.41) is 6.36. The molecule has 0 atom stereocenters. The number of amides is 1. The lowest BCUT2D eigenvalue weighted by Crippen LogP contribution is -2.15. The molecule has 0 unspecified atom stereocenters. The van der Waals surface area contributed by atoms with Crippen LogP contribution in [0.5, 0.6) is 0 Å². The van der Waals surface area contributed by atoms with E-state index >= 15 is 0 Å². The molecule has 2 N–H and O–H groups in total. The summed E-state index contributed by atoms with van der Waals surface area (Å²) in [5.74, 6) is 0.0120. The average Bonchev–Trinajstić information content (AvgIpc) is 2.60. The monoisotopic (exact) mass is 352 g/mol. The summed E-state index contributed by atoms with van der Waals surface area (Å²) in [4.78, 5) is 20.9. The number of hydrogen-bond donors (Lipinski definition) is 2. The molecule has 0 aliphatic rings. The number of aromatic nitrogens is 2. The number of anilines is 3. The van der Waals surface area contributed by atoms with Crippen LogP contribution in [0.3, 0.4) is 0 Å². The van der Waals surface area contributed by atoms with E-state index in [-0.39, 0.29) is 11.6 Å². The van der Waals surface area contributed by atoms with E-state index in [1.165, 1.54) is 5.56 Å². The third-order valence-electron chi connectivity index (χ3n) is 3.64. The van der Waals surface area contributed by atoms with Crippen molar-refractivity contribution in [1.29, 1.82) is 0 Å². The smallest absolute Gasteiger partial charge is 0.274 e. The molecule has 0 spiro atoms. The van der Waals surface area contributed by atoms with Crippen molar-refractivity contribution in [1.82, 2.24) is 9.97 Å². The summed E-state index contributed by atoms with van der Waals surface area (Å²) < 4.78 is 0. The number of para-hydroxylation sites is 1. The minimum Gasteiger partial charge on any atom is -0.324 e. The number of nitrogens with one attached hydrogen (secondary N) is 2. The molecule has 6 heteroatoms. The Morgan fingerprint density at radius 2 is 1.84 bits per heavy atom. The van der Waals surface area contributed by atoms with Crippen molar-refractivity contribution in [2.75, 3.05) is 10.6 Å². The fourth-order valence-electron chi connectivity index (χ4n) is 2.37. The van der Waals surface area contributed by atoms with Gasteiger partial charge in [0.15, 0.2) is 0 Å². The number of halogens is 1. The van der Waals surface area contributed by atoms with E-state index in [0.29, 0.717) is 16.7 Å². The molecule has 126 valence electrons. The Bertz CT molecular complexity index is 927. The highest BCUT2D eigenvalue weighted by Crippen LogP contribution is 2.22. The maximum atomic E-state index is 12.4. The van der Waals surface area contributed by atoms with Gasteiger partial charge < -0.3 is 10.6 Å². The lowest BCUT2D eigenvalue weighted by molar-refractivity contribution is 0.102. The summed E-state index contributed by atoms with van der Waals surface area (Å²) in [6.07, 6.45) is 1.54. The molecule has 0 bridgehead atoms. The first-order valence-corrected chi connectivity index (χ1v) is 8.14. The van der Waals surface area contributed by atoms with Crippen molar-refractivity contribution >= 4 is 34.8 Å². The van der Waals surface area contributed by atoms with Gasteiger partial charge in [-0.05, 0) is 43.7 Å². The van der Waals surface area contributed by atoms with Gasteiger partial charge >= 0.3 is 0 Å². The molecule has 1 heterocycles. The highest BCUT2D eigenvalue weighted by Gasteiger charge is 2.11. The van der Waals surface area contributed by atoms with E-state index in [9.17, 15) is 4.79 Å². The Labute approximate surface area is 151 Å². The van der Waals surface area contributed by atoms with Gasteiger partial charge in [-0.1, -0.05) is 41.4 Å². The molecule has 3 aromatic rings. The van der Waals surface area contributed by atoms with Gasteiger partial charge in [0.25, 0.3) is 5.91 Å². The van der Waals surface area contributed by atoms with Crippen molar-refractivity contribution in [3.8, 4) is 0 Å². The Morgan fingerprint density at radius 1 is 1.04 bits per heavy atom. The van der Waals surface area contributed by atoms with Crippen molar-refractivity contribution in [2.24, 2.45) is 0 Å². The van der Waals surface area contributed by atoms with E-state index < -0.39 is 0 Å². The van der Waals surface area contributed by atoms with Gasteiger partial charge in [-0.3, -0.25) is 4.79 Å². The topological polar surface area (TPSA) is 66.9 Å². The Balaban J connectivity index is 1.79. The number of hydrogen-bond acceptors (Lipinski definition) is 4. The molecule has 3 rings (SSSR count). The minimum absolute atomic E-state index is 0.252. The summed E-state index contributed by atoms with van der Waals surface area (Å²) in [5.41, 5.74) is 3.94. The molecular formula is C19H17ClN4O. The summed E-state index contributed by atoms with van der Waals surface area (Å²) in [7, 11) is 0. The predicted molar refractivity (Wildman–Crippen MR) is 101 cm³/mol. The second-order valence-electron chi connectivity index (χ2n) is 5.64. The third kappa shape index (κ3) is 4.14. The van der Waals surface area contributed by atoms with Gasteiger partial charge in [0, 0.05) is 11.9 Å². The maximum absolute atomic E-state index is 12.4. The molecule has 0 fully saturated rings. The second-order valence-corrected chi connectivity index (χ2v) is 6.05. The first-order valence-electron chi connectivity index (χ1n) is 7.76. The molecule has 0 radical (unpaired) electrons. The van der Waals surface area contributed by atoms with Gasteiger partial charge in [0.1, 0.15) is 5.69 Å². The quantitative estimate of drug-likeness (QED) is 0.711. The number of nitrogens with zero attached hydrogens (tertiary/aromatic N) is 2. The van der Waals surface area contributed by atoms with Gasteiger partial charge in [0.05, 0.1) is 10.7 Å². The van der Waals surface area contributed by atoms with Crippen molar-refractivity contribution in [2.45, 2.75) is 13.8 Å². The molecule has 25 heavy (non-hydrogen) atoms. The van der Waals surface area contributed by atoms with E-state index in [2.05, 4.69) is 26.7 Å². The summed E-state index contributed by atoms with van der Waals surface area (Å²) in [6, 6.07) is 14.6. The minimum atomic E-state index is -0.348. The highest BCUT2D eigenvalue weighted by molar-refractivity contribution is 6.33. The van der Waals surface area contributed by atoms with E-state index in [0.717, 1.165) is 11.3 Å². The highest BCUT2D eigenvalue weighted by atomic mass is 35.5. The zero-order valence-corrected chi connectivity index (χ0v) is 14.6. The molecule has 0 aliphatic heterocycles. The van der Waals surface area contributed by atoms with Crippen molar-refractivity contribution in [3.63, 3.8) is 0 Å². The molecule has 0 aliphatic carbocycles. The summed E-state index contributed by atoms with van der Waals surface area (Å²) in [6.45, 7) is 4.04. The lowest BCUT2D eigenvalue weighted by atomic mass is 10.1. The Morgan fingerprint density at radius 3 is 2.60 bits per heavy atom. The Hall–Kier alpha value is -2.92. The van der Waals surface area contributed by atoms with Crippen molar-refractivity contribution < 1.29 is 4.79 Å². The number of carbonyl (C=O) groups excluding carboxylic acids is 1. The van der Waals surface area contributed by atoms with Crippen LogP contribution in [0.15, 0.2) is 54.7 Å². The second kappa shape index (κ2) is 7.32. The van der Waals surface area contributed by atoms with Gasteiger partial charge in [-0.15, -0.1) is 0 Å². The molecule has 0 saturated carbocycles. The van der Waals surface area contributed by atoms with Gasteiger partial charge in [-0.2, -0.15) is 0 Å². The van der Waals surface area contributed by atoms with Crippen LogP contribution >= 0.6 is 11.6 Å². The third-order valence-corrected chi connectivity index (χ3v) is 3.97. The zero-order chi connectivity index (χ0) is 17.8. The number of aryl methyl sites for hydroxylation is 2. The van der Waals surface area contributed by atoms with E-state index in [1.807, 2.05) is 26.0 Å². The van der Waals surface area contributed by atoms with Crippen LogP contribution in [0.1, 0.15) is 21.6 Å². The number of benzene rings is 2. The van der Waals surface area contributed by atoms with Crippen LogP contribution in [0, 0.1) is 13.8 Å². The SMILES string of the molecule is Cc1ccc(Nc2nccc(C(=O)Nc3ccccc3Cl)n2)c(C)c1. The largest absolute Gasteiger partial charge is 0.324 e. The maximum Gasteiger partial charge on any atom is 0.274 e. The first kappa shape index (κ1) is 16.9. The van der Waals surface area contributed by atoms with Gasteiger partial charge in [-0.25, -0.2) is 9.97 Å². The number of carbonyl (C=O) groups is 1. The van der Waals surface area contributed by atoms with Crippen LogP contribution in [0.25, 0.3) is 0 Å². The fraction of sp³-hybridized carbons (Fsp3) is 0.105. The standard InChI is InChI=1S/C19H17ClN4O/c1-12-7-8-15(13(2)11-12)23-19-21-10-9-17(24-19)18(25)22-16-6-4-3-5-14(16)20/h3-11H,1-2H3,(H,22,25)(H,21,23,24). The normalized spacial score (nSPS) is 10.4. The zero-order valence-electron chi connectivity index (χ0n) is 13.9. The number of rotatable bonds is 4. The molecule has 1 amide bonds. The van der Waals surface area contributed by atoms with Crippen LogP contribution in [-0.4, -0.2) is 15.9 Å². The van der Waals surface area contributed by atoms with E-state index in [1.54, 1.807) is 36.5 Å².